The second kappa shape index (κ2) is 16.9. The van der Waals surface area contributed by atoms with Gasteiger partial charge < -0.3 is 9.55 Å². The maximum absolute atomic E-state index is 8.55. The summed E-state index contributed by atoms with van der Waals surface area (Å²) in [6.45, 7) is 19.7. The molecule has 8 aromatic rings. The van der Waals surface area contributed by atoms with Gasteiger partial charge in [0, 0.05) is 39.4 Å². The van der Waals surface area contributed by atoms with Crippen LogP contribution in [0, 0.1) is 18.1 Å². The third kappa shape index (κ3) is 8.49. The Morgan fingerprint density at radius 2 is 1.44 bits per heavy atom. The van der Waals surface area contributed by atoms with Gasteiger partial charge in [0.05, 0.1) is 24.9 Å². The molecule has 0 fully saturated rings. The van der Waals surface area contributed by atoms with E-state index in [1.807, 2.05) is 61.7 Å². The molecule has 0 amide bonds. The number of hydrogen-bond donors (Lipinski definition) is 0. The number of benzene rings is 5. The topological polar surface area (TPSA) is 30.7 Å². The number of thiophene rings is 1. The predicted molar refractivity (Wildman–Crippen MR) is 236 cm³/mol. The quantitative estimate of drug-likeness (QED) is 0.112. The summed E-state index contributed by atoms with van der Waals surface area (Å²) in [6, 6.07) is 44.7. The van der Waals surface area contributed by atoms with Crippen LogP contribution in [0.15, 0.2) is 115 Å². The zero-order valence-electron chi connectivity index (χ0n) is 35.3. The first-order valence-electron chi connectivity index (χ1n) is 20.1. The van der Waals surface area contributed by atoms with Crippen molar-refractivity contribution in [2.75, 3.05) is 0 Å². The summed E-state index contributed by atoms with van der Waals surface area (Å²) in [4.78, 5) is 9.75. The van der Waals surface area contributed by atoms with E-state index < -0.39 is 14.4 Å². The SMILES string of the molecule is CC(C)c1cccc(C(C)C)c1-n1c(-c2[c-]cc3sc4ccccc4c3c2)nc2ccccc21.[2H]C([2H])(c1cc(-c2[c-]cccc2)ncc1[Si](C)(C)C)C(C)C.[Ir]. The molecule has 0 saturated carbocycles. The summed E-state index contributed by atoms with van der Waals surface area (Å²) < 4.78 is 22.1. The van der Waals surface area contributed by atoms with Gasteiger partial charge in [-0.1, -0.05) is 127 Å². The molecule has 3 nitrogen and oxygen atoms in total. The van der Waals surface area contributed by atoms with Gasteiger partial charge in [-0.3, -0.25) is 4.98 Å². The molecule has 0 aliphatic carbocycles. The van der Waals surface area contributed by atoms with E-state index in [1.165, 1.54) is 37.0 Å². The standard InChI is InChI=1S/C31H27N2S.C18H24NSi.Ir/c1-19(2)22-11-9-12-23(20(3)4)30(22)33-27-14-7-6-13-26(27)32-31(33)21-16-17-29-25(18-21)24-10-5-8-15-28(24)34-29;1-14(2)11-16-12-17(15-9-7-6-8-10-15)19-13-18(16)20(3,4)5;/h5-15,17-20H,1-4H3;6-9,12-14H,11H2,1-5H3;/q2*-1;/i;11D2;. The van der Waals surface area contributed by atoms with E-state index in [1.54, 1.807) is 0 Å². The predicted octanol–water partition coefficient (Wildman–Crippen LogP) is 13.4. The molecule has 1 radical (unpaired) electrons. The van der Waals surface area contributed by atoms with Gasteiger partial charge in [-0.05, 0) is 74.4 Å². The summed E-state index contributed by atoms with van der Waals surface area (Å²) in [5.41, 5.74) is 9.62. The molecule has 0 saturated heterocycles. The van der Waals surface area contributed by atoms with Crippen LogP contribution in [0.1, 0.15) is 72.8 Å². The summed E-state index contributed by atoms with van der Waals surface area (Å²) in [5.74, 6) is 1.66. The van der Waals surface area contributed by atoms with Crippen LogP contribution in [0.2, 0.25) is 19.6 Å². The molecule has 6 heteroatoms. The Labute approximate surface area is 349 Å². The van der Waals surface area contributed by atoms with Crippen molar-refractivity contribution < 1.29 is 22.8 Å². The van der Waals surface area contributed by atoms with Crippen LogP contribution < -0.4 is 5.19 Å². The molecule has 0 bridgehead atoms. The average Bonchev–Trinajstić information content (AvgIpc) is 3.76. The van der Waals surface area contributed by atoms with E-state index in [0.29, 0.717) is 11.8 Å². The fraction of sp³-hybridized carbons (Fsp3) is 0.265. The molecule has 0 spiro atoms. The van der Waals surface area contributed by atoms with Gasteiger partial charge in [0.1, 0.15) is 0 Å². The number of imidazole rings is 1. The molecule has 0 atom stereocenters. The van der Waals surface area contributed by atoms with Crippen molar-refractivity contribution >= 4 is 55.8 Å². The van der Waals surface area contributed by atoms with Crippen LogP contribution in [0.4, 0.5) is 0 Å². The second-order valence-corrected chi connectivity index (χ2v) is 22.1. The number of fused-ring (bicyclic) bond motifs is 4. The molecule has 8 rings (SSSR count). The molecule has 0 unspecified atom stereocenters. The first-order chi connectivity index (χ1) is 26.7. The maximum atomic E-state index is 8.55. The van der Waals surface area contributed by atoms with Crippen LogP contribution >= 0.6 is 11.3 Å². The van der Waals surface area contributed by atoms with Gasteiger partial charge in [-0.2, -0.15) is 11.3 Å². The van der Waals surface area contributed by atoms with Crippen LogP contribution in [-0.2, 0) is 26.5 Å². The first-order valence-corrected chi connectivity index (χ1v) is 23.4. The summed E-state index contributed by atoms with van der Waals surface area (Å²) in [7, 11) is -1.67. The van der Waals surface area contributed by atoms with Crippen molar-refractivity contribution in [1.82, 2.24) is 14.5 Å². The molecule has 0 aliphatic rings. The number of hydrogen-bond acceptors (Lipinski definition) is 3. The minimum absolute atomic E-state index is 0. The first kappa shape index (κ1) is 37.7. The van der Waals surface area contributed by atoms with Crippen LogP contribution in [0.3, 0.4) is 0 Å². The molecule has 3 aromatic heterocycles. The molecular weight excluding hydrogens is 883 g/mol. The minimum atomic E-state index is -1.67. The largest absolute Gasteiger partial charge is 0.333 e. The molecule has 3 heterocycles. The Balaban J connectivity index is 0.000000208. The molecule has 0 N–H and O–H groups in total. The molecule has 0 aliphatic heterocycles. The Hall–Kier alpha value is -4.19. The Bertz CT molecular complexity index is 2630. The summed E-state index contributed by atoms with van der Waals surface area (Å²) >= 11 is 1.83. The Kier molecular flexibility index (Phi) is 11.6. The van der Waals surface area contributed by atoms with Crippen LogP contribution in [-0.4, -0.2) is 22.6 Å². The van der Waals surface area contributed by atoms with Crippen LogP contribution in [0.5, 0.6) is 0 Å². The molecule has 283 valence electrons. The zero-order chi connectivity index (χ0) is 39.9. The van der Waals surface area contributed by atoms with Gasteiger partial charge in [0.2, 0.25) is 0 Å². The fourth-order valence-corrected chi connectivity index (χ4v) is 9.66. The number of para-hydroxylation sites is 3. The normalized spacial score (nSPS) is 12.6. The van der Waals surface area contributed by atoms with Gasteiger partial charge in [-0.25, -0.2) is 0 Å². The number of rotatable bonds is 8. The summed E-state index contributed by atoms with van der Waals surface area (Å²) in [6.07, 6.45) is 0.528. The van der Waals surface area contributed by atoms with E-state index in [9.17, 15) is 0 Å². The van der Waals surface area contributed by atoms with Gasteiger partial charge in [0.25, 0.3) is 0 Å². The van der Waals surface area contributed by atoms with Crippen LogP contribution in [0.25, 0.3) is 59.5 Å². The van der Waals surface area contributed by atoms with Gasteiger partial charge >= 0.3 is 0 Å². The summed E-state index contributed by atoms with van der Waals surface area (Å²) in [5, 5.41) is 3.67. The van der Waals surface area contributed by atoms with Crippen molar-refractivity contribution in [2.24, 2.45) is 5.92 Å². The van der Waals surface area contributed by atoms with Crippen molar-refractivity contribution in [3.05, 3.63) is 144 Å². The Morgan fingerprint density at radius 1 is 0.745 bits per heavy atom. The van der Waals surface area contributed by atoms with Crippen molar-refractivity contribution in [3.63, 3.8) is 0 Å². The minimum Gasteiger partial charge on any atom is -0.333 e. The van der Waals surface area contributed by atoms with Crippen molar-refractivity contribution in [2.45, 2.75) is 79.4 Å². The number of aromatic nitrogens is 3. The molecular formula is C49H51IrN3SSi-2. The smallest absolute Gasteiger partial charge is 0.0798 e. The third-order valence-corrected chi connectivity index (χ3v) is 13.0. The van der Waals surface area contributed by atoms with E-state index in [4.69, 9.17) is 7.73 Å². The van der Waals surface area contributed by atoms with E-state index >= 15 is 0 Å². The van der Waals surface area contributed by atoms with Gasteiger partial charge in [-0.15, -0.1) is 59.7 Å². The van der Waals surface area contributed by atoms with E-state index in [0.717, 1.165) is 44.4 Å². The monoisotopic (exact) mass is 936 g/mol. The third-order valence-electron chi connectivity index (χ3n) is 9.82. The van der Waals surface area contributed by atoms with E-state index in [2.05, 4.69) is 148 Å². The van der Waals surface area contributed by atoms with Gasteiger partial charge in [0.15, 0.2) is 0 Å². The number of pyridine rings is 1. The number of nitrogens with zero attached hydrogens (tertiary/aromatic N) is 3. The van der Waals surface area contributed by atoms with E-state index in [-0.39, 0.29) is 26.0 Å². The second-order valence-electron chi connectivity index (χ2n) is 16.0. The van der Waals surface area contributed by atoms with Crippen molar-refractivity contribution in [1.29, 1.82) is 0 Å². The zero-order valence-corrected chi connectivity index (χ0v) is 37.5. The fourth-order valence-electron chi connectivity index (χ4n) is 7.19. The van der Waals surface area contributed by atoms with Crippen molar-refractivity contribution in [3.8, 4) is 28.3 Å². The molecule has 55 heavy (non-hydrogen) atoms. The maximum Gasteiger partial charge on any atom is 0.0798 e. The Morgan fingerprint density at radius 3 is 2.11 bits per heavy atom. The average molecular weight is 936 g/mol. The molecule has 5 aromatic carbocycles.